The lowest BCUT2D eigenvalue weighted by molar-refractivity contribution is -0.137. The molecule has 2 N–H and O–H groups in total. The summed E-state index contributed by atoms with van der Waals surface area (Å²) in [6.45, 7) is 0.683. The number of phenols is 1. The molecule has 0 aliphatic carbocycles. The molecule has 0 aliphatic heterocycles. The number of hydrogen-bond acceptors (Lipinski definition) is 5. The van der Waals surface area contributed by atoms with E-state index in [1.54, 1.807) is 23.0 Å². The average Bonchev–Trinajstić information content (AvgIpc) is 3.47. The number of nitrogens with one attached hydrogen (secondary N) is 1. The van der Waals surface area contributed by atoms with Gasteiger partial charge in [0.15, 0.2) is 0 Å². The number of aromatic hydroxyl groups is 1. The molecule has 7 nitrogen and oxygen atoms in total. The van der Waals surface area contributed by atoms with Crippen LogP contribution in [0.4, 0.5) is 13.2 Å². The second-order valence-corrected chi connectivity index (χ2v) is 6.96. The van der Waals surface area contributed by atoms with E-state index in [9.17, 15) is 18.3 Å². The van der Waals surface area contributed by atoms with Gasteiger partial charge in [-0.2, -0.15) is 23.5 Å². The molecular formula is C22H17F3N6O. The number of aromatic nitrogens is 6. The first-order valence-corrected chi connectivity index (χ1v) is 9.66. The summed E-state index contributed by atoms with van der Waals surface area (Å²) < 4.78 is 41.8. The Morgan fingerprint density at radius 3 is 2.59 bits per heavy atom. The van der Waals surface area contributed by atoms with Crippen molar-refractivity contribution >= 4 is 0 Å². The van der Waals surface area contributed by atoms with Gasteiger partial charge < -0.3 is 5.11 Å². The van der Waals surface area contributed by atoms with Crippen LogP contribution in [0.15, 0.2) is 54.9 Å². The number of aromatic amines is 1. The van der Waals surface area contributed by atoms with Crippen molar-refractivity contribution in [1.29, 1.82) is 0 Å². The summed E-state index contributed by atoms with van der Waals surface area (Å²) in [6, 6.07) is 10.2. The molecule has 2 aromatic carbocycles. The Kier molecular flexibility index (Phi) is 5.89. The lowest BCUT2D eigenvalue weighted by Crippen LogP contribution is -2.07. The van der Waals surface area contributed by atoms with Crippen molar-refractivity contribution in [2.24, 2.45) is 0 Å². The zero-order valence-corrected chi connectivity index (χ0v) is 16.6. The van der Waals surface area contributed by atoms with E-state index < -0.39 is 17.5 Å². The van der Waals surface area contributed by atoms with E-state index in [2.05, 4.69) is 37.6 Å². The van der Waals surface area contributed by atoms with Gasteiger partial charge in [-0.25, -0.2) is 0 Å². The maximum Gasteiger partial charge on any atom is 0.417 e. The first kappa shape index (κ1) is 21.1. The van der Waals surface area contributed by atoms with Crippen LogP contribution in [0.2, 0.25) is 0 Å². The minimum Gasteiger partial charge on any atom is -0.508 e. The number of hydrogen-bond donors (Lipinski definition) is 2. The molecule has 0 saturated heterocycles. The second-order valence-electron chi connectivity index (χ2n) is 6.96. The Morgan fingerprint density at radius 2 is 1.88 bits per heavy atom. The molecule has 0 unspecified atom stereocenters. The number of nitrogens with zero attached hydrogens (tertiary/aromatic N) is 5. The predicted octanol–water partition coefficient (Wildman–Crippen LogP) is 3.82. The fourth-order valence-corrected chi connectivity index (χ4v) is 3.22. The normalized spacial score (nSPS) is 11.2. The number of tetrazole rings is 1. The molecule has 0 bridgehead atoms. The van der Waals surface area contributed by atoms with Crippen LogP contribution in [0.5, 0.6) is 5.75 Å². The summed E-state index contributed by atoms with van der Waals surface area (Å²) in [5.74, 6) is 5.42. The number of aryl methyl sites for hydroxylation is 2. The summed E-state index contributed by atoms with van der Waals surface area (Å²) in [5, 5.41) is 27.5. The molecular weight excluding hydrogens is 421 g/mol. The third kappa shape index (κ3) is 4.95. The number of halogens is 3. The van der Waals surface area contributed by atoms with Crippen LogP contribution < -0.4 is 0 Å². The summed E-state index contributed by atoms with van der Waals surface area (Å²) >= 11 is 0. The quantitative estimate of drug-likeness (QED) is 0.462. The first-order valence-electron chi connectivity index (χ1n) is 9.66. The highest BCUT2D eigenvalue weighted by atomic mass is 19.4. The van der Waals surface area contributed by atoms with Gasteiger partial charge in [-0.15, -0.1) is 10.2 Å². The minimum absolute atomic E-state index is 0.208. The van der Waals surface area contributed by atoms with E-state index in [4.69, 9.17) is 0 Å². The molecule has 2 heterocycles. The number of rotatable bonds is 5. The van der Waals surface area contributed by atoms with Crippen molar-refractivity contribution in [3.8, 4) is 29.0 Å². The average molecular weight is 438 g/mol. The number of H-pyrrole nitrogens is 1. The Labute approximate surface area is 180 Å². The summed E-state index contributed by atoms with van der Waals surface area (Å²) in [7, 11) is 0. The molecule has 10 heteroatoms. The maximum atomic E-state index is 13.3. The Balaban J connectivity index is 1.66. The van der Waals surface area contributed by atoms with Gasteiger partial charge in [-0.3, -0.25) is 4.68 Å². The van der Waals surface area contributed by atoms with Crippen LogP contribution in [-0.2, 0) is 19.1 Å². The highest BCUT2D eigenvalue weighted by Crippen LogP contribution is 2.34. The van der Waals surface area contributed by atoms with Crippen molar-refractivity contribution in [1.82, 2.24) is 30.4 Å². The van der Waals surface area contributed by atoms with Crippen LogP contribution in [0, 0.1) is 11.8 Å². The molecule has 0 spiro atoms. The fourth-order valence-electron chi connectivity index (χ4n) is 3.22. The fraction of sp³-hybridized carbons (Fsp3) is 0.182. The second kappa shape index (κ2) is 8.93. The van der Waals surface area contributed by atoms with Crippen LogP contribution in [0.3, 0.4) is 0 Å². The number of phenolic OH excluding ortho intramolecular Hbond substituents is 1. The Hall–Kier alpha value is -4.13. The van der Waals surface area contributed by atoms with E-state index in [-0.39, 0.29) is 5.56 Å². The van der Waals surface area contributed by atoms with Gasteiger partial charge in [0.1, 0.15) is 5.75 Å². The zero-order chi connectivity index (χ0) is 22.6. The molecule has 0 amide bonds. The van der Waals surface area contributed by atoms with Crippen LogP contribution >= 0.6 is 0 Å². The van der Waals surface area contributed by atoms with Gasteiger partial charge in [-0.1, -0.05) is 11.8 Å². The summed E-state index contributed by atoms with van der Waals surface area (Å²) in [4.78, 5) is 0. The van der Waals surface area contributed by atoms with E-state index >= 15 is 0 Å². The molecule has 0 atom stereocenters. The van der Waals surface area contributed by atoms with Gasteiger partial charge in [0.25, 0.3) is 0 Å². The highest BCUT2D eigenvalue weighted by Gasteiger charge is 2.33. The van der Waals surface area contributed by atoms with E-state index in [0.29, 0.717) is 30.4 Å². The molecule has 32 heavy (non-hydrogen) atoms. The molecule has 162 valence electrons. The van der Waals surface area contributed by atoms with Gasteiger partial charge in [-0.05, 0) is 66.1 Å². The van der Waals surface area contributed by atoms with Gasteiger partial charge >= 0.3 is 6.18 Å². The zero-order valence-electron chi connectivity index (χ0n) is 16.6. The largest absolute Gasteiger partial charge is 0.508 e. The summed E-state index contributed by atoms with van der Waals surface area (Å²) in [5.41, 5.74) is 0.978. The maximum absolute atomic E-state index is 13.3. The smallest absolute Gasteiger partial charge is 0.417 e. The third-order valence-electron chi connectivity index (χ3n) is 4.74. The van der Waals surface area contributed by atoms with Crippen LogP contribution in [0.1, 0.15) is 28.7 Å². The van der Waals surface area contributed by atoms with Gasteiger partial charge in [0.05, 0.1) is 5.56 Å². The van der Waals surface area contributed by atoms with Gasteiger partial charge in [0.2, 0.25) is 5.82 Å². The van der Waals surface area contributed by atoms with Crippen molar-refractivity contribution < 1.29 is 18.3 Å². The summed E-state index contributed by atoms with van der Waals surface area (Å²) in [6.07, 6.45) is 0.303. The molecule has 4 rings (SSSR count). The number of benzene rings is 2. The lowest BCUT2D eigenvalue weighted by atomic mass is 9.99. The molecule has 0 aliphatic rings. The van der Waals surface area contributed by atoms with Crippen molar-refractivity contribution in [3.05, 3.63) is 77.1 Å². The molecule has 0 saturated carbocycles. The minimum atomic E-state index is -4.63. The van der Waals surface area contributed by atoms with E-state index in [1.165, 1.54) is 6.07 Å². The van der Waals surface area contributed by atoms with E-state index in [0.717, 1.165) is 23.6 Å². The van der Waals surface area contributed by atoms with Crippen LogP contribution in [-0.4, -0.2) is 35.5 Å². The SMILES string of the molecule is Oc1ccc(C#Cc2ccc(-c3nn[nH]n3)cc2CCCn2cccn2)c(C(F)(F)F)c1. The lowest BCUT2D eigenvalue weighted by Gasteiger charge is -2.10. The monoisotopic (exact) mass is 438 g/mol. The Bertz CT molecular complexity index is 1260. The third-order valence-corrected chi connectivity index (χ3v) is 4.74. The number of alkyl halides is 3. The predicted molar refractivity (Wildman–Crippen MR) is 109 cm³/mol. The van der Waals surface area contributed by atoms with Crippen LogP contribution in [0.25, 0.3) is 11.4 Å². The molecule has 0 fully saturated rings. The first-order chi connectivity index (χ1) is 15.4. The Morgan fingerprint density at radius 1 is 1.06 bits per heavy atom. The standard InChI is InChI=1S/C22H17F3N6O/c23-22(24,25)20-14-19(32)9-8-16(20)6-4-15-5-7-18(21-27-29-30-28-21)13-17(15)3-1-11-31-12-2-10-26-31/h2,5,7-10,12-14,32H,1,3,11H2,(H,27,28,29,30). The highest BCUT2D eigenvalue weighted by molar-refractivity contribution is 5.60. The molecule has 4 aromatic rings. The van der Waals surface area contributed by atoms with E-state index in [1.807, 2.05) is 18.3 Å². The van der Waals surface area contributed by atoms with Crippen molar-refractivity contribution in [2.75, 3.05) is 0 Å². The molecule has 0 radical (unpaired) electrons. The molecule has 2 aromatic heterocycles. The van der Waals surface area contributed by atoms with Crippen molar-refractivity contribution in [2.45, 2.75) is 25.6 Å². The van der Waals surface area contributed by atoms with Gasteiger partial charge in [0, 0.05) is 35.6 Å². The van der Waals surface area contributed by atoms with Crippen molar-refractivity contribution in [3.63, 3.8) is 0 Å². The topological polar surface area (TPSA) is 92.5 Å².